The van der Waals surface area contributed by atoms with Gasteiger partial charge in [-0.3, -0.25) is 0 Å². The third kappa shape index (κ3) is 4.21. The molecule has 1 N–H and O–H groups in total. The lowest BCUT2D eigenvalue weighted by Crippen LogP contribution is -2.62. The molecule has 1 saturated carbocycles. The lowest BCUT2D eigenvalue weighted by Gasteiger charge is -2.45. The van der Waals surface area contributed by atoms with E-state index in [0.29, 0.717) is 12.1 Å². The molecule has 0 aromatic heterocycles. The van der Waals surface area contributed by atoms with E-state index in [0.717, 1.165) is 26.1 Å². The smallest absolute Gasteiger partial charge is 0.0986 e. The van der Waals surface area contributed by atoms with E-state index < -0.39 is 0 Å². The third-order valence-electron chi connectivity index (χ3n) is 3.36. The highest BCUT2D eigenvalue weighted by molar-refractivity contribution is 4.98. The maximum absolute atomic E-state index is 5.62. The fourth-order valence-electron chi connectivity index (χ4n) is 2.50. The Bertz CT molecular complexity index is 195. The highest BCUT2D eigenvalue weighted by atomic mass is 16.5. The molecule has 4 heteroatoms. The van der Waals surface area contributed by atoms with Crippen molar-refractivity contribution in [1.29, 1.82) is 0 Å². The first-order chi connectivity index (χ1) is 8.26. The SMILES string of the molecule is CCCC(COC)NC1CC(OCC)C1OC. The maximum atomic E-state index is 5.62. The molecule has 0 amide bonds. The summed E-state index contributed by atoms with van der Waals surface area (Å²) in [6.07, 6.45) is 3.79. The predicted molar refractivity (Wildman–Crippen MR) is 68.3 cm³/mol. The Morgan fingerprint density at radius 3 is 2.59 bits per heavy atom. The fourth-order valence-corrected chi connectivity index (χ4v) is 2.50. The highest BCUT2D eigenvalue weighted by Gasteiger charge is 2.42. The zero-order chi connectivity index (χ0) is 12.7. The van der Waals surface area contributed by atoms with Gasteiger partial charge in [-0.1, -0.05) is 13.3 Å². The summed E-state index contributed by atoms with van der Waals surface area (Å²) < 4.78 is 16.3. The van der Waals surface area contributed by atoms with Crippen LogP contribution in [0.25, 0.3) is 0 Å². The average molecular weight is 245 g/mol. The topological polar surface area (TPSA) is 39.7 Å². The van der Waals surface area contributed by atoms with Crippen molar-refractivity contribution < 1.29 is 14.2 Å². The summed E-state index contributed by atoms with van der Waals surface area (Å²) >= 11 is 0. The van der Waals surface area contributed by atoms with Crippen molar-refractivity contribution in [3.05, 3.63) is 0 Å². The summed E-state index contributed by atoms with van der Waals surface area (Å²) in [5, 5.41) is 3.61. The maximum Gasteiger partial charge on any atom is 0.0986 e. The van der Waals surface area contributed by atoms with Crippen molar-refractivity contribution in [2.45, 2.75) is 57.4 Å². The molecule has 0 heterocycles. The molecular formula is C13H27NO3. The van der Waals surface area contributed by atoms with Crippen LogP contribution in [0.1, 0.15) is 33.1 Å². The number of nitrogens with one attached hydrogen (secondary N) is 1. The normalized spacial score (nSPS) is 30.0. The molecule has 1 fully saturated rings. The lowest BCUT2D eigenvalue weighted by atomic mass is 9.84. The first-order valence-electron chi connectivity index (χ1n) is 6.66. The number of hydrogen-bond donors (Lipinski definition) is 1. The zero-order valence-electron chi connectivity index (χ0n) is 11.6. The molecule has 0 bridgehead atoms. The Balaban J connectivity index is 2.35. The standard InChI is InChI=1S/C13H27NO3/c1-5-7-10(9-15-3)14-11-8-12(17-6-2)13(11)16-4/h10-14H,5-9H2,1-4H3. The number of rotatable bonds is 9. The molecule has 0 saturated heterocycles. The minimum Gasteiger partial charge on any atom is -0.383 e. The molecule has 0 radical (unpaired) electrons. The third-order valence-corrected chi connectivity index (χ3v) is 3.36. The molecule has 0 aromatic rings. The molecule has 0 aliphatic heterocycles. The van der Waals surface area contributed by atoms with Gasteiger partial charge in [-0.05, 0) is 19.8 Å². The first kappa shape index (κ1) is 14.9. The molecule has 0 aromatic carbocycles. The van der Waals surface area contributed by atoms with Crippen molar-refractivity contribution in [2.75, 3.05) is 27.4 Å². The number of hydrogen-bond acceptors (Lipinski definition) is 4. The fraction of sp³-hybridized carbons (Fsp3) is 1.00. The van der Waals surface area contributed by atoms with Gasteiger partial charge >= 0.3 is 0 Å². The van der Waals surface area contributed by atoms with E-state index in [1.165, 1.54) is 6.42 Å². The van der Waals surface area contributed by atoms with Gasteiger partial charge in [0.05, 0.1) is 18.8 Å². The zero-order valence-corrected chi connectivity index (χ0v) is 11.6. The van der Waals surface area contributed by atoms with Crippen LogP contribution in [0.15, 0.2) is 0 Å². The van der Waals surface area contributed by atoms with E-state index in [1.54, 1.807) is 14.2 Å². The Morgan fingerprint density at radius 1 is 1.29 bits per heavy atom. The molecule has 102 valence electrons. The Labute approximate surface area is 105 Å². The van der Waals surface area contributed by atoms with Crippen molar-refractivity contribution >= 4 is 0 Å². The quantitative estimate of drug-likeness (QED) is 0.669. The van der Waals surface area contributed by atoms with Crippen molar-refractivity contribution in [2.24, 2.45) is 0 Å². The second-order valence-electron chi connectivity index (χ2n) is 4.64. The highest BCUT2D eigenvalue weighted by Crippen LogP contribution is 2.27. The molecular weight excluding hydrogens is 218 g/mol. The van der Waals surface area contributed by atoms with Crippen LogP contribution in [-0.2, 0) is 14.2 Å². The second kappa shape index (κ2) is 8.03. The van der Waals surface area contributed by atoms with Crippen LogP contribution < -0.4 is 5.32 Å². The van der Waals surface area contributed by atoms with Crippen LogP contribution in [0, 0.1) is 0 Å². The van der Waals surface area contributed by atoms with Gasteiger partial charge in [0.15, 0.2) is 0 Å². The van der Waals surface area contributed by atoms with Gasteiger partial charge < -0.3 is 19.5 Å². The summed E-state index contributed by atoms with van der Waals surface area (Å²) in [5.41, 5.74) is 0. The minimum absolute atomic E-state index is 0.186. The number of ether oxygens (including phenoxy) is 3. The molecule has 4 atom stereocenters. The van der Waals surface area contributed by atoms with Gasteiger partial charge in [-0.2, -0.15) is 0 Å². The van der Waals surface area contributed by atoms with Gasteiger partial charge in [0.2, 0.25) is 0 Å². The van der Waals surface area contributed by atoms with Gasteiger partial charge in [0.25, 0.3) is 0 Å². The molecule has 17 heavy (non-hydrogen) atoms. The molecule has 1 rings (SSSR count). The van der Waals surface area contributed by atoms with Crippen LogP contribution in [-0.4, -0.2) is 51.7 Å². The Kier molecular flexibility index (Phi) is 7.04. The first-order valence-corrected chi connectivity index (χ1v) is 6.66. The molecule has 1 aliphatic carbocycles. The van der Waals surface area contributed by atoms with Gasteiger partial charge in [0, 0.05) is 32.9 Å². The van der Waals surface area contributed by atoms with Gasteiger partial charge in [-0.15, -0.1) is 0 Å². The van der Waals surface area contributed by atoms with E-state index >= 15 is 0 Å². The Hall–Kier alpha value is -0.160. The summed E-state index contributed by atoms with van der Waals surface area (Å²) in [6.45, 7) is 5.74. The van der Waals surface area contributed by atoms with Crippen molar-refractivity contribution in [3.63, 3.8) is 0 Å². The van der Waals surface area contributed by atoms with Crippen LogP contribution in [0.5, 0.6) is 0 Å². The summed E-state index contributed by atoms with van der Waals surface area (Å²) in [5.74, 6) is 0. The molecule has 4 nitrogen and oxygen atoms in total. The summed E-state index contributed by atoms with van der Waals surface area (Å²) in [7, 11) is 3.51. The van der Waals surface area contributed by atoms with Crippen LogP contribution in [0.4, 0.5) is 0 Å². The van der Waals surface area contributed by atoms with Gasteiger partial charge in [-0.25, -0.2) is 0 Å². The predicted octanol–water partition coefficient (Wildman–Crippen LogP) is 1.58. The minimum atomic E-state index is 0.186. The summed E-state index contributed by atoms with van der Waals surface area (Å²) in [4.78, 5) is 0. The van der Waals surface area contributed by atoms with Crippen LogP contribution in [0.3, 0.4) is 0 Å². The van der Waals surface area contributed by atoms with E-state index in [4.69, 9.17) is 14.2 Å². The van der Waals surface area contributed by atoms with Crippen molar-refractivity contribution in [3.8, 4) is 0 Å². The van der Waals surface area contributed by atoms with Crippen LogP contribution >= 0.6 is 0 Å². The van der Waals surface area contributed by atoms with E-state index in [2.05, 4.69) is 12.2 Å². The molecule has 1 aliphatic rings. The largest absolute Gasteiger partial charge is 0.383 e. The van der Waals surface area contributed by atoms with Crippen molar-refractivity contribution in [1.82, 2.24) is 5.32 Å². The van der Waals surface area contributed by atoms with E-state index in [-0.39, 0.29) is 12.2 Å². The molecule has 4 unspecified atom stereocenters. The van der Waals surface area contributed by atoms with E-state index in [9.17, 15) is 0 Å². The van der Waals surface area contributed by atoms with Crippen LogP contribution in [0.2, 0.25) is 0 Å². The number of methoxy groups -OCH3 is 2. The monoisotopic (exact) mass is 245 g/mol. The Morgan fingerprint density at radius 2 is 2.06 bits per heavy atom. The van der Waals surface area contributed by atoms with E-state index in [1.807, 2.05) is 6.92 Å². The summed E-state index contributed by atoms with van der Waals surface area (Å²) in [6, 6.07) is 0.832. The van der Waals surface area contributed by atoms with Gasteiger partial charge in [0.1, 0.15) is 0 Å². The molecule has 0 spiro atoms. The lowest BCUT2D eigenvalue weighted by molar-refractivity contribution is -0.134. The average Bonchev–Trinajstić information content (AvgIpc) is 2.28. The second-order valence-corrected chi connectivity index (χ2v) is 4.64.